The topological polar surface area (TPSA) is 70.0 Å². The van der Waals surface area contributed by atoms with Crippen LogP contribution in [0.5, 0.6) is 0 Å². The zero-order chi connectivity index (χ0) is 21.6. The van der Waals surface area contributed by atoms with E-state index in [1.165, 1.54) is 5.57 Å². The number of aliphatic hydroxyl groups is 2. The Morgan fingerprint density at radius 1 is 1.19 bits per heavy atom. The van der Waals surface area contributed by atoms with Crippen molar-refractivity contribution in [2.45, 2.75) is 50.7 Å². The summed E-state index contributed by atoms with van der Waals surface area (Å²) in [4.78, 5) is 14.2. The number of aliphatic hydroxyl groups excluding tert-OH is 2. The number of hydrogen-bond donors (Lipinski definition) is 2. The Kier molecular flexibility index (Phi) is 7.59. The van der Waals surface area contributed by atoms with Crippen molar-refractivity contribution in [1.82, 2.24) is 4.90 Å². The van der Waals surface area contributed by atoms with Crippen LogP contribution in [0.25, 0.3) is 0 Å². The molecule has 1 aromatic carbocycles. The number of rotatable bonds is 8. The summed E-state index contributed by atoms with van der Waals surface area (Å²) < 4.78 is 5.31. The van der Waals surface area contributed by atoms with Gasteiger partial charge in [-0.05, 0) is 49.5 Å². The van der Waals surface area contributed by atoms with Crippen LogP contribution in [0.3, 0.4) is 0 Å². The average molecular weight is 426 g/mol. The van der Waals surface area contributed by atoms with Crippen LogP contribution in [0.4, 0.5) is 0 Å². The van der Waals surface area contributed by atoms with Crippen LogP contribution < -0.4 is 0 Å². The van der Waals surface area contributed by atoms with Crippen molar-refractivity contribution in [1.29, 1.82) is 0 Å². The minimum Gasteiger partial charge on any atom is -0.392 e. The van der Waals surface area contributed by atoms with Crippen molar-refractivity contribution in [3.05, 3.63) is 59.7 Å². The first kappa shape index (κ1) is 22.3. The van der Waals surface area contributed by atoms with E-state index in [1.54, 1.807) is 0 Å². The summed E-state index contributed by atoms with van der Waals surface area (Å²) in [5, 5.41) is 21.0. The van der Waals surface area contributed by atoms with E-state index in [2.05, 4.69) is 6.08 Å². The second-order valence-corrected chi connectivity index (χ2v) is 9.18. The highest BCUT2D eigenvalue weighted by molar-refractivity contribution is 5.76. The molecule has 0 aromatic heterocycles. The molecule has 0 unspecified atom stereocenters. The van der Waals surface area contributed by atoms with Crippen LogP contribution in [0, 0.1) is 17.8 Å². The molecule has 5 nitrogen and oxygen atoms in total. The maximum Gasteiger partial charge on any atom is 0.222 e. The number of morpholine rings is 1. The smallest absolute Gasteiger partial charge is 0.222 e. The second-order valence-electron chi connectivity index (χ2n) is 9.18. The average Bonchev–Trinajstić information content (AvgIpc) is 3.32. The molecule has 0 bridgehead atoms. The van der Waals surface area contributed by atoms with E-state index in [-0.39, 0.29) is 17.9 Å². The highest BCUT2D eigenvalue weighted by Crippen LogP contribution is 2.48. The van der Waals surface area contributed by atoms with Gasteiger partial charge in [-0.3, -0.25) is 4.79 Å². The van der Waals surface area contributed by atoms with Crippen LogP contribution in [0.2, 0.25) is 0 Å². The van der Waals surface area contributed by atoms with Gasteiger partial charge in [0.1, 0.15) is 0 Å². The molecule has 31 heavy (non-hydrogen) atoms. The molecule has 5 atom stereocenters. The fourth-order valence-corrected chi connectivity index (χ4v) is 5.38. The quantitative estimate of drug-likeness (QED) is 0.493. The minimum absolute atomic E-state index is 0.0972. The van der Waals surface area contributed by atoms with Crippen molar-refractivity contribution >= 4 is 5.91 Å². The Labute approximate surface area is 185 Å². The number of carbonyl (C=O) groups is 1. The highest BCUT2D eigenvalue weighted by atomic mass is 16.5. The van der Waals surface area contributed by atoms with E-state index in [4.69, 9.17) is 4.74 Å². The lowest BCUT2D eigenvalue weighted by molar-refractivity contribution is -0.135. The largest absolute Gasteiger partial charge is 0.392 e. The third-order valence-electron chi connectivity index (χ3n) is 7.11. The first-order valence-electron chi connectivity index (χ1n) is 11.8. The molecule has 5 heteroatoms. The monoisotopic (exact) mass is 425 g/mol. The fourth-order valence-electron chi connectivity index (χ4n) is 5.38. The summed E-state index contributed by atoms with van der Waals surface area (Å²) in [6.07, 6.45) is 10.7. The second kappa shape index (κ2) is 10.6. The van der Waals surface area contributed by atoms with Crippen molar-refractivity contribution < 1.29 is 19.7 Å². The van der Waals surface area contributed by atoms with Crippen molar-refractivity contribution in [2.24, 2.45) is 17.8 Å². The lowest BCUT2D eigenvalue weighted by Gasteiger charge is -2.26. The van der Waals surface area contributed by atoms with Crippen LogP contribution in [-0.4, -0.2) is 53.4 Å². The molecule has 0 radical (unpaired) electrons. The van der Waals surface area contributed by atoms with Gasteiger partial charge >= 0.3 is 0 Å². The summed E-state index contributed by atoms with van der Waals surface area (Å²) in [5.41, 5.74) is 2.35. The van der Waals surface area contributed by atoms with Gasteiger partial charge in [-0.25, -0.2) is 0 Å². The summed E-state index contributed by atoms with van der Waals surface area (Å²) >= 11 is 0. The standard InChI is InChI=1S/C26H35NO4/c28-24(20-7-2-1-3-8-20)11-10-22-23-17-19(16-21(23)18-25(22)29)6-4-5-9-26(30)27-12-14-31-15-13-27/h1-3,7-8,10-11,16,21-25,28-29H,4-6,9,12-15,17-18H2/b11-10+/t21-,22+,23-,24+,25+/m0/s1. The number of fused-ring (bicyclic) bond motifs is 1. The Bertz CT molecular complexity index is 784. The molecule has 1 saturated carbocycles. The molecule has 2 fully saturated rings. The van der Waals surface area contributed by atoms with Gasteiger partial charge in [0, 0.05) is 25.4 Å². The van der Waals surface area contributed by atoms with E-state index < -0.39 is 6.10 Å². The molecule has 1 saturated heterocycles. The van der Waals surface area contributed by atoms with Crippen LogP contribution in [0.15, 0.2) is 54.1 Å². The zero-order valence-corrected chi connectivity index (χ0v) is 18.2. The predicted octanol–water partition coefficient (Wildman–Crippen LogP) is 3.64. The number of amides is 1. The molecule has 1 amide bonds. The van der Waals surface area contributed by atoms with Crippen LogP contribution in [-0.2, 0) is 9.53 Å². The summed E-state index contributed by atoms with van der Waals surface area (Å²) in [5.74, 6) is 1.22. The molecular weight excluding hydrogens is 390 g/mol. The number of benzene rings is 1. The van der Waals surface area contributed by atoms with E-state index in [9.17, 15) is 15.0 Å². The molecule has 0 spiro atoms. The molecule has 2 aliphatic carbocycles. The summed E-state index contributed by atoms with van der Waals surface area (Å²) in [7, 11) is 0. The van der Waals surface area contributed by atoms with E-state index in [0.29, 0.717) is 31.5 Å². The molecule has 2 N–H and O–H groups in total. The third kappa shape index (κ3) is 5.65. The number of allylic oxidation sites excluding steroid dienone is 2. The minimum atomic E-state index is -0.634. The lowest BCUT2D eigenvalue weighted by atomic mass is 9.88. The molecular formula is C26H35NO4. The fraction of sp³-hybridized carbons (Fsp3) is 0.577. The summed E-state index contributed by atoms with van der Waals surface area (Å²) in [6, 6.07) is 9.63. The molecule has 1 aromatic rings. The molecule has 1 aliphatic heterocycles. The van der Waals surface area contributed by atoms with Gasteiger partial charge in [0.2, 0.25) is 5.91 Å². The van der Waals surface area contributed by atoms with Crippen molar-refractivity contribution in [3.8, 4) is 0 Å². The lowest BCUT2D eigenvalue weighted by Crippen LogP contribution is -2.40. The maximum absolute atomic E-state index is 12.3. The van der Waals surface area contributed by atoms with E-state index >= 15 is 0 Å². The van der Waals surface area contributed by atoms with E-state index in [1.807, 2.05) is 47.4 Å². The normalized spacial score (nSPS) is 29.2. The number of nitrogens with zero attached hydrogens (tertiary/aromatic N) is 1. The van der Waals surface area contributed by atoms with E-state index in [0.717, 1.165) is 50.8 Å². The van der Waals surface area contributed by atoms with Crippen molar-refractivity contribution in [2.75, 3.05) is 26.3 Å². The molecule has 1 heterocycles. The number of hydrogen-bond acceptors (Lipinski definition) is 4. The van der Waals surface area contributed by atoms with Gasteiger partial charge in [-0.1, -0.05) is 54.1 Å². The predicted molar refractivity (Wildman–Crippen MR) is 120 cm³/mol. The first-order chi connectivity index (χ1) is 15.1. The first-order valence-corrected chi connectivity index (χ1v) is 11.8. The Morgan fingerprint density at radius 3 is 2.74 bits per heavy atom. The van der Waals surface area contributed by atoms with Gasteiger partial charge in [-0.2, -0.15) is 0 Å². The van der Waals surface area contributed by atoms with Crippen molar-refractivity contribution in [3.63, 3.8) is 0 Å². The highest BCUT2D eigenvalue weighted by Gasteiger charge is 2.43. The van der Waals surface area contributed by atoms with Gasteiger partial charge in [-0.15, -0.1) is 0 Å². The summed E-state index contributed by atoms with van der Waals surface area (Å²) in [6.45, 7) is 2.77. The molecule has 168 valence electrons. The van der Waals surface area contributed by atoms with Crippen LogP contribution in [0.1, 0.15) is 50.2 Å². The number of carbonyl (C=O) groups excluding carboxylic acids is 1. The van der Waals surface area contributed by atoms with Gasteiger partial charge in [0.15, 0.2) is 0 Å². The third-order valence-corrected chi connectivity index (χ3v) is 7.11. The Hall–Kier alpha value is -1.95. The zero-order valence-electron chi connectivity index (χ0n) is 18.2. The SMILES string of the molecule is O=C(CCCCC1=C[C@H]2C[C@@H](O)[C@H](/C=C/[C@@H](O)c3ccccc3)[C@H]2C1)N1CCOCC1. The maximum atomic E-state index is 12.3. The van der Waals surface area contributed by atoms with Gasteiger partial charge < -0.3 is 19.8 Å². The Balaban J connectivity index is 1.22. The van der Waals surface area contributed by atoms with Gasteiger partial charge in [0.05, 0.1) is 25.4 Å². The molecule has 3 aliphatic rings. The van der Waals surface area contributed by atoms with Crippen LogP contribution >= 0.6 is 0 Å². The molecule has 4 rings (SSSR count). The van der Waals surface area contributed by atoms with Gasteiger partial charge in [0.25, 0.3) is 0 Å². The number of unbranched alkanes of at least 4 members (excludes halogenated alkanes) is 1. The number of ether oxygens (including phenoxy) is 1. The Morgan fingerprint density at radius 2 is 1.97 bits per heavy atom.